The maximum Gasteiger partial charge on any atom is 0.319 e. The molecule has 3 heterocycles. The van der Waals surface area contributed by atoms with E-state index in [4.69, 9.17) is 9.47 Å². The van der Waals surface area contributed by atoms with E-state index in [9.17, 15) is 10.1 Å². The molecule has 0 unspecified atom stereocenters. The number of carbonyl (C=O) groups excluding carboxylic acids is 1. The van der Waals surface area contributed by atoms with Crippen molar-refractivity contribution in [3.05, 3.63) is 66.1 Å². The number of fused-ring (bicyclic) bond motifs is 1. The van der Waals surface area contributed by atoms with Crippen molar-refractivity contribution in [2.45, 2.75) is 19.1 Å². The van der Waals surface area contributed by atoms with Crippen LogP contribution < -0.4 is 19.7 Å². The summed E-state index contributed by atoms with van der Waals surface area (Å²) in [5.74, 6) is 0.808. The summed E-state index contributed by atoms with van der Waals surface area (Å²) in [7, 11) is 5.43. The topological polar surface area (TPSA) is 121 Å². The summed E-state index contributed by atoms with van der Waals surface area (Å²) in [5, 5.41) is 18.3. The molecule has 0 saturated carbocycles. The molecule has 0 aliphatic carbocycles. The second-order valence-corrected chi connectivity index (χ2v) is 9.50. The second-order valence-electron chi connectivity index (χ2n) is 9.50. The van der Waals surface area contributed by atoms with Crippen molar-refractivity contribution >= 4 is 28.2 Å². The first kappa shape index (κ1) is 25.9. The third kappa shape index (κ3) is 5.91. The van der Waals surface area contributed by atoms with Gasteiger partial charge in [0.2, 0.25) is 0 Å². The highest BCUT2D eigenvalue weighted by atomic mass is 16.5. The van der Waals surface area contributed by atoms with Gasteiger partial charge in [-0.3, -0.25) is 14.4 Å². The molecular formula is C28H30N8O3. The Bertz CT molecular complexity index is 1530. The molecule has 11 nitrogen and oxygen atoms in total. The number of hydrogen-bond acceptors (Lipinski definition) is 9. The average Bonchev–Trinajstić information content (AvgIpc) is 3.37. The van der Waals surface area contributed by atoms with Gasteiger partial charge in [-0.2, -0.15) is 20.3 Å². The number of aryl methyl sites for hydroxylation is 1. The largest absolute Gasteiger partial charge is 0.497 e. The Kier molecular flexibility index (Phi) is 7.56. The van der Waals surface area contributed by atoms with Crippen LogP contribution in [0.4, 0.5) is 11.5 Å². The first-order chi connectivity index (χ1) is 18.9. The molecule has 11 heteroatoms. The highest BCUT2D eigenvalue weighted by Gasteiger charge is 2.26. The van der Waals surface area contributed by atoms with Gasteiger partial charge in [0.15, 0.2) is 0 Å². The first-order valence-electron chi connectivity index (χ1n) is 12.6. The van der Waals surface area contributed by atoms with Crippen LogP contribution in [0.2, 0.25) is 0 Å². The molecule has 1 fully saturated rings. The van der Waals surface area contributed by atoms with Gasteiger partial charge < -0.3 is 19.7 Å². The van der Waals surface area contributed by atoms with Gasteiger partial charge in [-0.1, -0.05) is 24.3 Å². The van der Waals surface area contributed by atoms with Gasteiger partial charge >= 0.3 is 6.01 Å². The molecule has 0 spiro atoms. The zero-order valence-electron chi connectivity index (χ0n) is 22.2. The lowest BCUT2D eigenvalue weighted by Gasteiger charge is -2.39. The molecule has 2 aromatic carbocycles. The quantitative estimate of drug-likeness (QED) is 0.369. The highest BCUT2D eigenvalue weighted by molar-refractivity contribution is 6.09. The van der Waals surface area contributed by atoms with Crippen LogP contribution in [0.1, 0.15) is 22.5 Å². The normalized spacial score (nSPS) is 15.6. The summed E-state index contributed by atoms with van der Waals surface area (Å²) >= 11 is 0. The van der Waals surface area contributed by atoms with Crippen LogP contribution in [0.25, 0.3) is 10.8 Å². The number of amides is 1. The van der Waals surface area contributed by atoms with E-state index in [1.807, 2.05) is 50.6 Å². The number of piperazine rings is 1. The van der Waals surface area contributed by atoms with Crippen molar-refractivity contribution in [3.63, 3.8) is 0 Å². The van der Waals surface area contributed by atoms with Gasteiger partial charge in [0.05, 0.1) is 31.5 Å². The predicted octanol–water partition coefficient (Wildman–Crippen LogP) is 3.24. The van der Waals surface area contributed by atoms with Crippen molar-refractivity contribution in [2.24, 2.45) is 7.05 Å². The minimum absolute atomic E-state index is 0.0545. The summed E-state index contributed by atoms with van der Waals surface area (Å²) in [6.07, 6.45) is 3.95. The van der Waals surface area contributed by atoms with E-state index in [2.05, 4.69) is 36.3 Å². The van der Waals surface area contributed by atoms with Crippen LogP contribution in [0.15, 0.2) is 54.9 Å². The molecule has 0 radical (unpaired) electrons. The maximum absolute atomic E-state index is 13.6. The summed E-state index contributed by atoms with van der Waals surface area (Å²) in [4.78, 5) is 26.9. The van der Waals surface area contributed by atoms with E-state index in [0.29, 0.717) is 36.8 Å². The maximum atomic E-state index is 13.6. The number of nitrogens with zero attached hydrogens (tertiary/aromatic N) is 7. The molecule has 5 rings (SSSR count). The van der Waals surface area contributed by atoms with Gasteiger partial charge in [0.25, 0.3) is 5.91 Å². The lowest BCUT2D eigenvalue weighted by atomic mass is 10.1. The number of nitrogens with one attached hydrogen (secondary N) is 1. The van der Waals surface area contributed by atoms with Crippen LogP contribution in [-0.4, -0.2) is 70.4 Å². The number of ether oxygens (including phenoxy) is 2. The molecule has 200 valence electrons. The van der Waals surface area contributed by atoms with Crippen LogP contribution in [-0.2, 0) is 13.7 Å². The Morgan fingerprint density at radius 2 is 2.03 bits per heavy atom. The molecule has 1 amide bonds. The lowest BCUT2D eigenvalue weighted by Crippen LogP contribution is -2.51. The van der Waals surface area contributed by atoms with E-state index in [0.717, 1.165) is 22.9 Å². The number of anilines is 2. The van der Waals surface area contributed by atoms with Gasteiger partial charge in [-0.05, 0) is 18.5 Å². The molecule has 39 heavy (non-hydrogen) atoms. The fourth-order valence-corrected chi connectivity index (χ4v) is 4.62. The van der Waals surface area contributed by atoms with Crippen molar-refractivity contribution in [1.29, 1.82) is 5.26 Å². The second kappa shape index (κ2) is 11.4. The van der Waals surface area contributed by atoms with Gasteiger partial charge in [-0.25, -0.2) is 0 Å². The molecule has 1 N–H and O–H groups in total. The number of methoxy groups -OCH3 is 1. The van der Waals surface area contributed by atoms with E-state index in [-0.39, 0.29) is 24.4 Å². The fraction of sp³-hybridized carbons (Fsp3) is 0.321. The van der Waals surface area contributed by atoms with E-state index < -0.39 is 5.91 Å². The van der Waals surface area contributed by atoms with Crippen LogP contribution in [0.3, 0.4) is 0 Å². The Morgan fingerprint density at radius 3 is 2.79 bits per heavy atom. The molecule has 4 aromatic rings. The third-order valence-electron chi connectivity index (χ3n) is 6.80. The number of rotatable bonds is 8. The monoisotopic (exact) mass is 526 g/mol. The zero-order valence-corrected chi connectivity index (χ0v) is 22.2. The molecule has 1 aliphatic rings. The van der Waals surface area contributed by atoms with Crippen molar-refractivity contribution in [3.8, 4) is 17.8 Å². The first-order valence-corrected chi connectivity index (χ1v) is 12.6. The molecule has 0 bridgehead atoms. The van der Waals surface area contributed by atoms with Crippen LogP contribution >= 0.6 is 0 Å². The summed E-state index contributed by atoms with van der Waals surface area (Å²) in [5.41, 5.74) is 1.64. The predicted molar refractivity (Wildman–Crippen MR) is 147 cm³/mol. The lowest BCUT2D eigenvalue weighted by molar-refractivity contribution is 0.102. The molecule has 1 saturated heterocycles. The molecule has 1 atom stereocenters. The number of aromatic nitrogens is 4. The number of likely N-dealkylation sites (N-methyl/N-ethyl adjacent to an activating group) is 1. The van der Waals surface area contributed by atoms with Crippen molar-refractivity contribution in [2.75, 3.05) is 44.0 Å². The summed E-state index contributed by atoms with van der Waals surface area (Å²) < 4.78 is 13.0. The van der Waals surface area contributed by atoms with E-state index in [1.165, 1.54) is 0 Å². The number of carbonyl (C=O) groups is 1. The zero-order chi connectivity index (χ0) is 27.4. The third-order valence-corrected chi connectivity index (χ3v) is 6.80. The van der Waals surface area contributed by atoms with Gasteiger partial charge in [-0.15, -0.1) is 0 Å². The van der Waals surface area contributed by atoms with E-state index in [1.54, 1.807) is 30.1 Å². The Balaban J connectivity index is 1.46. The summed E-state index contributed by atoms with van der Waals surface area (Å²) in [6.45, 7) is 2.27. The fourth-order valence-electron chi connectivity index (χ4n) is 4.62. The molecule has 1 aliphatic heterocycles. The van der Waals surface area contributed by atoms with E-state index >= 15 is 0 Å². The smallest absolute Gasteiger partial charge is 0.319 e. The Hall–Kier alpha value is -4.69. The Labute approximate surface area is 226 Å². The highest BCUT2D eigenvalue weighted by Crippen LogP contribution is 2.30. The van der Waals surface area contributed by atoms with Crippen LogP contribution in [0.5, 0.6) is 11.8 Å². The Morgan fingerprint density at radius 1 is 1.18 bits per heavy atom. The average molecular weight is 527 g/mol. The van der Waals surface area contributed by atoms with Crippen LogP contribution in [0, 0.1) is 11.3 Å². The SMILES string of the molecule is COc1cc(NC(=O)c2cc(N3CCN(C)[C@@H](CC#N)C3)nc(OCc3cnn(C)c3)n2)c2ccccc2c1. The number of hydrogen-bond donors (Lipinski definition) is 1. The van der Waals surface area contributed by atoms with Gasteiger partial charge in [0, 0.05) is 62.0 Å². The van der Waals surface area contributed by atoms with Crippen molar-refractivity contribution < 1.29 is 14.3 Å². The standard InChI is InChI=1S/C28H30N8O3/c1-34-10-11-36(17-21(34)8-9-29)26-14-25(32-28(33-26)39-18-19-15-30-35(2)16-19)27(37)31-24-13-22(38-3)12-20-6-4-5-7-23(20)24/h4-7,12-16,21H,8,10-11,17-18H2,1-3H3,(H,31,37)/t21-/m0/s1. The molecular weight excluding hydrogens is 496 g/mol. The molecule has 2 aromatic heterocycles. The minimum atomic E-state index is -0.397. The number of nitriles is 1. The minimum Gasteiger partial charge on any atom is -0.497 e. The number of benzene rings is 2. The summed E-state index contributed by atoms with van der Waals surface area (Å²) in [6, 6.07) is 15.5. The van der Waals surface area contributed by atoms with Crippen molar-refractivity contribution in [1.82, 2.24) is 24.6 Å². The van der Waals surface area contributed by atoms with Gasteiger partial charge in [0.1, 0.15) is 23.9 Å².